The second-order valence-corrected chi connectivity index (χ2v) is 12.7. The maximum Gasteiger partial charge on any atom is 0.0466 e. The first kappa shape index (κ1) is 23.8. The van der Waals surface area contributed by atoms with Gasteiger partial charge in [-0.25, -0.2) is 0 Å². The van der Waals surface area contributed by atoms with Crippen molar-refractivity contribution in [3.63, 3.8) is 0 Å². The van der Waals surface area contributed by atoms with E-state index in [0.717, 1.165) is 23.7 Å². The van der Waals surface area contributed by atoms with Crippen molar-refractivity contribution in [2.24, 2.45) is 11.8 Å². The second kappa shape index (κ2) is 9.16. The van der Waals surface area contributed by atoms with Gasteiger partial charge in [-0.1, -0.05) is 42.5 Å². The van der Waals surface area contributed by atoms with Crippen LogP contribution in [0.3, 0.4) is 0 Å². The Labute approximate surface area is 228 Å². The number of anilines is 3. The van der Waals surface area contributed by atoms with Crippen LogP contribution in [0.2, 0.25) is 0 Å². The van der Waals surface area contributed by atoms with E-state index in [-0.39, 0.29) is 0 Å². The van der Waals surface area contributed by atoms with Gasteiger partial charge in [0, 0.05) is 17.1 Å². The molecule has 4 aromatic carbocycles. The number of aryl methyl sites for hydroxylation is 4. The number of benzene rings is 4. The van der Waals surface area contributed by atoms with E-state index in [1.165, 1.54) is 82.5 Å². The van der Waals surface area contributed by atoms with E-state index in [1.807, 2.05) is 0 Å². The summed E-state index contributed by atoms with van der Waals surface area (Å²) in [6.07, 6.45) is 7.20. The molecule has 2 saturated carbocycles. The third-order valence-electron chi connectivity index (χ3n) is 9.49. The van der Waals surface area contributed by atoms with Crippen LogP contribution < -0.4 is 4.90 Å². The van der Waals surface area contributed by atoms with Crippen LogP contribution in [0.4, 0.5) is 17.1 Å². The van der Waals surface area contributed by atoms with Gasteiger partial charge in [0.2, 0.25) is 0 Å². The Hall–Kier alpha value is -3.32. The molecule has 0 aromatic heterocycles. The van der Waals surface area contributed by atoms with E-state index in [2.05, 4.69) is 111 Å². The van der Waals surface area contributed by atoms with E-state index in [0.29, 0.717) is 0 Å². The summed E-state index contributed by atoms with van der Waals surface area (Å²) in [6.45, 7) is 8.76. The van der Waals surface area contributed by atoms with Crippen LogP contribution in [0.25, 0.3) is 11.1 Å². The zero-order valence-electron chi connectivity index (χ0n) is 23.3. The molecule has 0 spiro atoms. The van der Waals surface area contributed by atoms with E-state index in [9.17, 15) is 0 Å². The topological polar surface area (TPSA) is 3.24 Å². The maximum atomic E-state index is 2.56. The van der Waals surface area contributed by atoms with Crippen LogP contribution in [0.1, 0.15) is 77.3 Å². The molecule has 8 rings (SSSR count). The molecule has 0 saturated heterocycles. The largest absolute Gasteiger partial charge is 0.310 e. The molecule has 38 heavy (non-hydrogen) atoms. The number of hydrogen-bond donors (Lipinski definition) is 0. The van der Waals surface area contributed by atoms with Crippen molar-refractivity contribution in [2.45, 2.75) is 71.6 Å². The molecule has 0 radical (unpaired) electrons. The zero-order valence-corrected chi connectivity index (χ0v) is 23.3. The normalized spacial score (nSPS) is 23.3. The van der Waals surface area contributed by atoms with Gasteiger partial charge in [0.15, 0.2) is 0 Å². The van der Waals surface area contributed by atoms with Crippen molar-refractivity contribution in [1.82, 2.24) is 0 Å². The van der Waals surface area contributed by atoms with Gasteiger partial charge in [0.1, 0.15) is 0 Å². The molecule has 4 bridgehead atoms. The summed E-state index contributed by atoms with van der Waals surface area (Å²) in [5.74, 6) is 3.52. The lowest BCUT2D eigenvalue weighted by molar-refractivity contribution is 0.166. The van der Waals surface area contributed by atoms with E-state index < -0.39 is 0 Å². The Morgan fingerprint density at radius 3 is 1.45 bits per heavy atom. The molecule has 2 atom stereocenters. The van der Waals surface area contributed by atoms with E-state index in [4.69, 9.17) is 0 Å². The summed E-state index contributed by atoms with van der Waals surface area (Å²) in [4.78, 5) is 2.41. The summed E-state index contributed by atoms with van der Waals surface area (Å²) in [5.41, 5.74) is 14.9. The third kappa shape index (κ3) is 4.27. The van der Waals surface area contributed by atoms with Crippen LogP contribution in [0, 0.1) is 39.5 Å². The fraction of sp³-hybridized carbons (Fsp3) is 0.351. The molecule has 1 heteroatoms. The number of rotatable bonds is 4. The summed E-state index contributed by atoms with van der Waals surface area (Å²) < 4.78 is 0. The summed E-state index contributed by atoms with van der Waals surface area (Å²) in [7, 11) is 0. The molecule has 2 fully saturated rings. The number of nitrogens with zero attached hydrogens (tertiary/aromatic N) is 1. The maximum absolute atomic E-state index is 2.56. The highest BCUT2D eigenvalue weighted by Crippen LogP contribution is 2.56. The van der Waals surface area contributed by atoms with Gasteiger partial charge >= 0.3 is 0 Å². The minimum atomic E-state index is 0.782. The Balaban J connectivity index is 1.27. The molecule has 4 aromatic rings. The van der Waals surface area contributed by atoms with Crippen molar-refractivity contribution in [3.05, 3.63) is 112 Å². The van der Waals surface area contributed by atoms with Crippen molar-refractivity contribution >= 4 is 17.1 Å². The van der Waals surface area contributed by atoms with Crippen molar-refractivity contribution < 1.29 is 0 Å². The van der Waals surface area contributed by atoms with Gasteiger partial charge in [0.05, 0.1) is 0 Å². The van der Waals surface area contributed by atoms with Gasteiger partial charge < -0.3 is 4.90 Å². The van der Waals surface area contributed by atoms with Crippen molar-refractivity contribution in [2.75, 3.05) is 4.90 Å². The Morgan fingerprint density at radius 2 is 0.921 bits per heavy atom. The first-order valence-corrected chi connectivity index (χ1v) is 14.6. The molecule has 0 amide bonds. The van der Waals surface area contributed by atoms with Gasteiger partial charge in [-0.05, 0) is 164 Å². The Kier molecular flexibility index (Phi) is 5.73. The highest BCUT2D eigenvalue weighted by molar-refractivity contribution is 5.79. The molecule has 4 aliphatic carbocycles. The molecular weight excluding hydrogens is 458 g/mol. The van der Waals surface area contributed by atoms with Crippen LogP contribution in [0.15, 0.2) is 78.9 Å². The third-order valence-corrected chi connectivity index (χ3v) is 9.49. The average Bonchev–Trinajstić information content (AvgIpc) is 3.03. The first-order valence-electron chi connectivity index (χ1n) is 14.6. The van der Waals surface area contributed by atoms with Gasteiger partial charge in [-0.2, -0.15) is 0 Å². The van der Waals surface area contributed by atoms with Crippen LogP contribution >= 0.6 is 0 Å². The zero-order chi connectivity index (χ0) is 26.0. The lowest BCUT2D eigenvalue weighted by Crippen LogP contribution is -2.25. The van der Waals surface area contributed by atoms with Gasteiger partial charge in [-0.15, -0.1) is 0 Å². The summed E-state index contributed by atoms with van der Waals surface area (Å²) >= 11 is 0. The number of hydrogen-bond acceptors (Lipinski definition) is 1. The molecule has 4 aliphatic rings. The van der Waals surface area contributed by atoms with Crippen LogP contribution in [0.5, 0.6) is 0 Å². The summed E-state index contributed by atoms with van der Waals surface area (Å²) in [6, 6.07) is 30.4. The van der Waals surface area contributed by atoms with Crippen molar-refractivity contribution in [1.29, 1.82) is 0 Å². The van der Waals surface area contributed by atoms with Crippen LogP contribution in [-0.2, 0) is 0 Å². The fourth-order valence-corrected chi connectivity index (χ4v) is 8.25. The predicted molar refractivity (Wildman–Crippen MR) is 161 cm³/mol. The Morgan fingerprint density at radius 1 is 0.447 bits per heavy atom. The average molecular weight is 498 g/mol. The fourth-order valence-electron chi connectivity index (χ4n) is 8.25. The lowest BCUT2D eigenvalue weighted by atomic mass is 9.67. The molecule has 192 valence electrons. The molecule has 1 nitrogen and oxygen atoms in total. The molecule has 0 aliphatic heterocycles. The minimum Gasteiger partial charge on any atom is -0.310 e. The monoisotopic (exact) mass is 497 g/mol. The predicted octanol–water partition coefficient (Wildman–Crippen LogP) is 10.4. The first-order chi connectivity index (χ1) is 18.4. The highest BCUT2D eigenvalue weighted by Gasteiger charge is 2.41. The highest BCUT2D eigenvalue weighted by atomic mass is 15.1. The standard InChI is InChI=1S/C37H39N/c1-23-11-24(2)14-34(13-23)38(35-15-25(3)12-26(4)16-35)33-8-5-29(6-9-33)30-7-10-36-31-18-27-17-28(19-31)21-32(20-27)37(36)22-30/h5-16,22,27-28,31-32H,17-21H2,1-4H3. The smallest absolute Gasteiger partial charge is 0.0466 e. The SMILES string of the molecule is Cc1cc(C)cc(N(c2ccc(-c3ccc4c(c3)C3CC5CC(CC4C5)C3)cc2)c2cc(C)cc(C)c2)c1. The molecule has 2 unspecified atom stereocenters. The van der Waals surface area contributed by atoms with E-state index >= 15 is 0 Å². The lowest BCUT2D eigenvalue weighted by Gasteiger charge is -2.38. The molecular formula is C37H39N. The van der Waals surface area contributed by atoms with E-state index in [1.54, 1.807) is 11.1 Å². The molecule has 0 N–H and O–H groups in total. The minimum absolute atomic E-state index is 0.782. The van der Waals surface area contributed by atoms with Gasteiger partial charge in [-0.3, -0.25) is 0 Å². The quantitative estimate of drug-likeness (QED) is 0.271. The summed E-state index contributed by atoms with van der Waals surface area (Å²) in [5, 5.41) is 0. The van der Waals surface area contributed by atoms with Gasteiger partial charge in [0.25, 0.3) is 0 Å². The van der Waals surface area contributed by atoms with Crippen LogP contribution in [-0.4, -0.2) is 0 Å². The molecule has 0 heterocycles. The second-order valence-electron chi connectivity index (χ2n) is 12.7. The van der Waals surface area contributed by atoms with Crippen molar-refractivity contribution in [3.8, 4) is 11.1 Å². The Bertz CT molecular complexity index is 1400.